The summed E-state index contributed by atoms with van der Waals surface area (Å²) in [7, 11) is 0. The van der Waals surface area contributed by atoms with Crippen molar-refractivity contribution < 1.29 is 0 Å². The summed E-state index contributed by atoms with van der Waals surface area (Å²) in [5.41, 5.74) is 1.03. The third-order valence-corrected chi connectivity index (χ3v) is 2.37. The van der Waals surface area contributed by atoms with Gasteiger partial charge in [-0.05, 0) is 20.8 Å². The number of aromatic nitrogens is 4. The van der Waals surface area contributed by atoms with Crippen LogP contribution < -0.4 is 5.32 Å². The fourth-order valence-corrected chi connectivity index (χ4v) is 1.54. The molecule has 86 valence electrons. The van der Waals surface area contributed by atoms with Crippen molar-refractivity contribution in [2.75, 3.05) is 11.9 Å². The van der Waals surface area contributed by atoms with Crippen LogP contribution in [-0.4, -0.2) is 25.9 Å². The molecule has 2 aromatic heterocycles. The number of hydrogen-bond donors (Lipinski definition) is 1. The Morgan fingerprint density at radius 3 is 2.88 bits per heavy atom. The minimum atomic E-state index is 0.375. The van der Waals surface area contributed by atoms with Crippen LogP contribution in [0.5, 0.6) is 0 Å². The third-order valence-electron chi connectivity index (χ3n) is 2.37. The molecule has 0 unspecified atom stereocenters. The minimum absolute atomic E-state index is 0.375. The van der Waals surface area contributed by atoms with Crippen molar-refractivity contribution in [3.8, 4) is 5.69 Å². The summed E-state index contributed by atoms with van der Waals surface area (Å²) in [5.74, 6) is 0.853. The van der Waals surface area contributed by atoms with Gasteiger partial charge in [-0.25, -0.2) is 4.98 Å². The first-order valence-electron chi connectivity index (χ1n) is 5.54. The van der Waals surface area contributed by atoms with Crippen molar-refractivity contribution in [3.63, 3.8) is 0 Å². The highest BCUT2D eigenvalue weighted by molar-refractivity contribution is 5.39. The average Bonchev–Trinajstić information content (AvgIpc) is 2.84. The maximum atomic E-state index is 4.31. The van der Waals surface area contributed by atoms with Gasteiger partial charge in [0, 0.05) is 31.2 Å². The summed E-state index contributed by atoms with van der Waals surface area (Å²) in [6.45, 7) is 7.12. The van der Waals surface area contributed by atoms with Gasteiger partial charge >= 0.3 is 0 Å². The molecule has 0 spiro atoms. The highest BCUT2D eigenvalue weighted by atomic mass is 15.3. The summed E-state index contributed by atoms with van der Waals surface area (Å²) in [4.78, 5) is 4.25. The molecular weight excluding hydrogens is 202 g/mol. The number of nitrogens with zero attached hydrogens (tertiary/aromatic N) is 4. The zero-order valence-corrected chi connectivity index (χ0v) is 9.88. The molecule has 16 heavy (non-hydrogen) atoms. The zero-order chi connectivity index (χ0) is 11.5. The Kier molecular flexibility index (Phi) is 2.94. The van der Waals surface area contributed by atoms with E-state index in [0.717, 1.165) is 18.2 Å². The van der Waals surface area contributed by atoms with E-state index < -0.39 is 0 Å². The van der Waals surface area contributed by atoms with Crippen LogP contribution in [-0.2, 0) is 0 Å². The summed E-state index contributed by atoms with van der Waals surface area (Å²) in [6.07, 6.45) is 7.58. The van der Waals surface area contributed by atoms with Gasteiger partial charge in [0.2, 0.25) is 5.95 Å². The van der Waals surface area contributed by atoms with Crippen LogP contribution in [0.2, 0.25) is 0 Å². The normalized spacial score (nSPS) is 11.0. The molecule has 0 saturated heterocycles. The molecule has 1 N–H and O–H groups in total. The summed E-state index contributed by atoms with van der Waals surface area (Å²) in [5, 5.41) is 7.52. The lowest BCUT2D eigenvalue weighted by Crippen LogP contribution is -2.04. The Bertz CT molecular complexity index is 454. The van der Waals surface area contributed by atoms with Crippen molar-refractivity contribution in [2.45, 2.75) is 26.8 Å². The van der Waals surface area contributed by atoms with Crippen LogP contribution in [0.3, 0.4) is 0 Å². The Hall–Kier alpha value is -1.78. The molecule has 0 aliphatic carbocycles. The van der Waals surface area contributed by atoms with Gasteiger partial charge in [0.25, 0.3) is 0 Å². The fraction of sp³-hybridized carbons (Fsp3) is 0.455. The summed E-state index contributed by atoms with van der Waals surface area (Å²) in [6, 6.07) is 0.375. The molecule has 0 atom stereocenters. The Morgan fingerprint density at radius 1 is 1.44 bits per heavy atom. The van der Waals surface area contributed by atoms with E-state index in [1.807, 2.05) is 27.8 Å². The zero-order valence-electron chi connectivity index (χ0n) is 9.88. The van der Waals surface area contributed by atoms with Crippen LogP contribution in [0.1, 0.15) is 26.8 Å². The Labute approximate surface area is 95.1 Å². The van der Waals surface area contributed by atoms with E-state index in [9.17, 15) is 0 Å². The maximum absolute atomic E-state index is 4.31. The standard InChI is InChI=1S/C11H17N5/c1-4-12-11-13-5-6-15(11)10-7-14-16(8-10)9(2)3/h5-9H,4H2,1-3H3,(H,12,13). The van der Waals surface area contributed by atoms with Crippen LogP contribution in [0, 0.1) is 0 Å². The molecule has 0 aromatic carbocycles. The van der Waals surface area contributed by atoms with E-state index in [-0.39, 0.29) is 0 Å². The second kappa shape index (κ2) is 4.38. The van der Waals surface area contributed by atoms with E-state index in [0.29, 0.717) is 6.04 Å². The van der Waals surface area contributed by atoms with Crippen LogP contribution in [0.4, 0.5) is 5.95 Å². The molecule has 0 bridgehead atoms. The number of nitrogens with one attached hydrogen (secondary N) is 1. The number of hydrogen-bond acceptors (Lipinski definition) is 3. The monoisotopic (exact) mass is 219 g/mol. The molecule has 5 heteroatoms. The van der Waals surface area contributed by atoms with Crippen LogP contribution in [0.15, 0.2) is 24.8 Å². The van der Waals surface area contributed by atoms with Gasteiger partial charge < -0.3 is 5.32 Å². The van der Waals surface area contributed by atoms with Crippen LogP contribution in [0.25, 0.3) is 5.69 Å². The Morgan fingerprint density at radius 2 is 2.25 bits per heavy atom. The number of imidazole rings is 1. The predicted octanol–water partition coefficient (Wildman–Crippen LogP) is 2.08. The molecule has 2 rings (SSSR count). The molecule has 0 radical (unpaired) electrons. The fourth-order valence-electron chi connectivity index (χ4n) is 1.54. The Balaban J connectivity index is 2.31. The van der Waals surface area contributed by atoms with E-state index in [4.69, 9.17) is 0 Å². The second-order valence-electron chi connectivity index (χ2n) is 3.92. The number of anilines is 1. The van der Waals surface area contributed by atoms with Gasteiger partial charge in [-0.1, -0.05) is 0 Å². The third kappa shape index (κ3) is 1.93. The van der Waals surface area contributed by atoms with Crippen molar-refractivity contribution in [1.29, 1.82) is 0 Å². The highest BCUT2D eigenvalue weighted by Gasteiger charge is 2.07. The lowest BCUT2D eigenvalue weighted by atomic mass is 10.4. The van der Waals surface area contributed by atoms with Crippen molar-refractivity contribution in [2.24, 2.45) is 0 Å². The van der Waals surface area contributed by atoms with E-state index in [1.165, 1.54) is 0 Å². The molecule has 0 aliphatic rings. The first kappa shape index (κ1) is 10.7. The van der Waals surface area contributed by atoms with Crippen molar-refractivity contribution >= 4 is 5.95 Å². The second-order valence-corrected chi connectivity index (χ2v) is 3.92. The highest BCUT2D eigenvalue weighted by Crippen LogP contribution is 2.15. The summed E-state index contributed by atoms with van der Waals surface area (Å²) >= 11 is 0. The molecule has 0 fully saturated rings. The van der Waals surface area contributed by atoms with Gasteiger partial charge in [0.15, 0.2) is 0 Å². The van der Waals surface area contributed by atoms with Gasteiger partial charge in [0.05, 0.1) is 11.9 Å². The van der Waals surface area contributed by atoms with E-state index in [2.05, 4.69) is 36.2 Å². The maximum Gasteiger partial charge on any atom is 0.207 e. The van der Waals surface area contributed by atoms with Crippen molar-refractivity contribution in [3.05, 3.63) is 24.8 Å². The average molecular weight is 219 g/mol. The molecule has 0 saturated carbocycles. The molecule has 0 aliphatic heterocycles. The van der Waals surface area contributed by atoms with E-state index in [1.54, 1.807) is 6.20 Å². The lowest BCUT2D eigenvalue weighted by molar-refractivity contribution is 0.532. The largest absolute Gasteiger partial charge is 0.356 e. The smallest absolute Gasteiger partial charge is 0.207 e. The summed E-state index contributed by atoms with van der Waals surface area (Å²) < 4.78 is 3.93. The van der Waals surface area contributed by atoms with Crippen molar-refractivity contribution in [1.82, 2.24) is 19.3 Å². The van der Waals surface area contributed by atoms with Gasteiger partial charge in [-0.15, -0.1) is 0 Å². The van der Waals surface area contributed by atoms with Gasteiger partial charge in [-0.3, -0.25) is 9.25 Å². The molecular formula is C11H17N5. The minimum Gasteiger partial charge on any atom is -0.356 e. The topological polar surface area (TPSA) is 47.7 Å². The van der Waals surface area contributed by atoms with Crippen LogP contribution >= 0.6 is 0 Å². The lowest BCUT2D eigenvalue weighted by Gasteiger charge is -2.06. The molecule has 2 aromatic rings. The first-order chi connectivity index (χ1) is 7.72. The number of rotatable bonds is 4. The predicted molar refractivity (Wildman–Crippen MR) is 63.9 cm³/mol. The first-order valence-corrected chi connectivity index (χ1v) is 5.54. The van der Waals surface area contributed by atoms with E-state index >= 15 is 0 Å². The molecule has 0 amide bonds. The van der Waals surface area contributed by atoms with Gasteiger partial charge in [-0.2, -0.15) is 5.10 Å². The molecule has 5 nitrogen and oxygen atoms in total. The quantitative estimate of drug-likeness (QED) is 0.856. The van der Waals surface area contributed by atoms with Gasteiger partial charge in [0.1, 0.15) is 0 Å². The molecule has 2 heterocycles. The SMILES string of the molecule is CCNc1nccn1-c1cnn(C(C)C)c1.